The first kappa shape index (κ1) is 28.6. The summed E-state index contributed by atoms with van der Waals surface area (Å²) in [5, 5.41) is 9.24. The van der Waals surface area contributed by atoms with E-state index < -0.39 is 42.2 Å². The van der Waals surface area contributed by atoms with Gasteiger partial charge in [-0.1, -0.05) is 18.2 Å². The van der Waals surface area contributed by atoms with Crippen molar-refractivity contribution in [2.45, 2.75) is 26.1 Å². The minimum absolute atomic E-state index is 0.0000822. The molecule has 210 valence electrons. The molecule has 2 heterocycles. The highest BCUT2D eigenvalue weighted by atomic mass is 19.4. The number of ether oxygens (including phenoxy) is 2. The van der Waals surface area contributed by atoms with E-state index in [0.29, 0.717) is 37.4 Å². The van der Waals surface area contributed by atoms with Crippen molar-refractivity contribution in [3.8, 4) is 6.07 Å². The minimum atomic E-state index is -4.67. The summed E-state index contributed by atoms with van der Waals surface area (Å²) in [5.74, 6) is -1.20. The molecule has 2 aliphatic heterocycles. The van der Waals surface area contributed by atoms with E-state index in [1.807, 2.05) is 6.07 Å². The molecule has 4 rings (SSSR count). The Balaban J connectivity index is 1.89. The molecule has 0 aromatic heterocycles. The smallest absolute Gasteiger partial charge is 0.416 e. The molecule has 0 N–H and O–H groups in total. The highest BCUT2D eigenvalue weighted by Crippen LogP contribution is 2.41. The van der Waals surface area contributed by atoms with E-state index in [1.165, 1.54) is 36.1 Å². The van der Waals surface area contributed by atoms with E-state index in [2.05, 4.69) is 0 Å². The number of rotatable bonds is 6. The number of nitrogens with zero attached hydrogens (tertiary/aromatic N) is 4. The summed E-state index contributed by atoms with van der Waals surface area (Å²) in [6.07, 6.45) is -4.67. The van der Waals surface area contributed by atoms with Crippen molar-refractivity contribution in [1.82, 2.24) is 9.80 Å². The van der Waals surface area contributed by atoms with Crippen LogP contribution in [0.2, 0.25) is 0 Å². The van der Waals surface area contributed by atoms with Gasteiger partial charge in [-0.2, -0.15) is 18.4 Å². The number of nitriles is 1. The first-order valence-corrected chi connectivity index (χ1v) is 12.6. The van der Waals surface area contributed by atoms with Crippen LogP contribution >= 0.6 is 0 Å². The fourth-order valence-electron chi connectivity index (χ4n) is 4.75. The topological polar surface area (TPSA) is 103 Å². The van der Waals surface area contributed by atoms with Crippen molar-refractivity contribution in [2.75, 3.05) is 44.4 Å². The van der Waals surface area contributed by atoms with Gasteiger partial charge >= 0.3 is 18.2 Å². The van der Waals surface area contributed by atoms with Crippen LogP contribution in [0, 0.1) is 11.3 Å². The van der Waals surface area contributed by atoms with Gasteiger partial charge in [0.2, 0.25) is 5.91 Å². The lowest BCUT2D eigenvalue weighted by atomic mass is 9.92. The molecular weight excluding hydrogens is 529 g/mol. The summed E-state index contributed by atoms with van der Waals surface area (Å²) in [4.78, 5) is 44.5. The largest absolute Gasteiger partial charge is 0.463 e. The Bertz CT molecular complexity index is 1360. The number of carbonyl (C=O) groups excluding carboxylic acids is 3. The number of esters is 1. The van der Waals surface area contributed by atoms with Gasteiger partial charge in [0.05, 0.1) is 54.3 Å². The fraction of sp³-hybridized carbons (Fsp3) is 0.357. The maximum absolute atomic E-state index is 14.1. The third-order valence-corrected chi connectivity index (χ3v) is 6.70. The number of allylic oxidation sites excluding steroid dienone is 1. The van der Waals surface area contributed by atoms with Gasteiger partial charge in [-0.3, -0.25) is 9.69 Å². The number of amides is 3. The van der Waals surface area contributed by atoms with Gasteiger partial charge in [0, 0.05) is 18.8 Å². The Labute approximate surface area is 229 Å². The van der Waals surface area contributed by atoms with Crippen LogP contribution in [0.15, 0.2) is 59.8 Å². The Morgan fingerprint density at radius 3 is 2.40 bits per heavy atom. The average Bonchev–Trinajstić information content (AvgIpc) is 2.94. The van der Waals surface area contributed by atoms with Crippen LogP contribution in [0.1, 0.15) is 36.6 Å². The summed E-state index contributed by atoms with van der Waals surface area (Å²) in [6, 6.07) is 10.4. The highest BCUT2D eigenvalue weighted by Gasteiger charge is 2.44. The maximum Gasteiger partial charge on any atom is 0.416 e. The molecule has 0 radical (unpaired) electrons. The van der Waals surface area contributed by atoms with Gasteiger partial charge in [0.15, 0.2) is 0 Å². The zero-order valence-corrected chi connectivity index (χ0v) is 21.9. The van der Waals surface area contributed by atoms with Crippen LogP contribution in [0.5, 0.6) is 0 Å². The quantitative estimate of drug-likeness (QED) is 0.493. The van der Waals surface area contributed by atoms with E-state index in [0.717, 1.165) is 21.9 Å². The highest BCUT2D eigenvalue weighted by molar-refractivity contribution is 6.04. The third-order valence-electron chi connectivity index (χ3n) is 6.70. The SMILES string of the molecule is CCOC(=O)C1=C(C)N(c2cccc(C(F)(F)F)c2)C(=O)N(CC(=O)N2CCOCC2)C1c1ccc(C#N)cc1. The molecule has 0 bridgehead atoms. The Morgan fingerprint density at radius 1 is 1.12 bits per heavy atom. The molecule has 0 spiro atoms. The minimum Gasteiger partial charge on any atom is -0.463 e. The maximum atomic E-state index is 14.1. The second-order valence-corrected chi connectivity index (χ2v) is 9.14. The molecule has 9 nitrogen and oxygen atoms in total. The van der Waals surface area contributed by atoms with Crippen molar-refractivity contribution in [1.29, 1.82) is 5.26 Å². The van der Waals surface area contributed by atoms with Crippen LogP contribution in [0.25, 0.3) is 0 Å². The van der Waals surface area contributed by atoms with E-state index in [4.69, 9.17) is 9.47 Å². The standard InChI is InChI=1S/C28H27F3N4O5/c1-3-40-26(37)24-18(2)35(22-6-4-5-21(15-22)28(29,30)31)27(38)34(17-23(36)33-11-13-39-14-12-33)25(24)20-9-7-19(16-32)8-10-20/h4-10,15,25H,3,11-14,17H2,1-2H3. The van der Waals surface area contributed by atoms with Crippen molar-refractivity contribution in [3.05, 3.63) is 76.5 Å². The first-order valence-electron chi connectivity index (χ1n) is 12.6. The molecule has 1 saturated heterocycles. The summed E-state index contributed by atoms with van der Waals surface area (Å²) in [6.45, 7) is 3.84. The predicted octanol–water partition coefficient (Wildman–Crippen LogP) is 4.26. The van der Waals surface area contributed by atoms with Gasteiger partial charge in [0.1, 0.15) is 6.54 Å². The number of alkyl halides is 3. The lowest BCUT2D eigenvalue weighted by Gasteiger charge is -2.43. The van der Waals surface area contributed by atoms with Gasteiger partial charge in [-0.15, -0.1) is 0 Å². The molecule has 12 heteroatoms. The normalized spacial score (nSPS) is 18.1. The average molecular weight is 557 g/mol. The molecule has 1 fully saturated rings. The molecule has 2 aromatic carbocycles. The lowest BCUT2D eigenvalue weighted by Crippen LogP contribution is -2.55. The number of benzene rings is 2. The predicted molar refractivity (Wildman–Crippen MR) is 137 cm³/mol. The van der Waals surface area contributed by atoms with Crippen molar-refractivity contribution in [2.24, 2.45) is 0 Å². The Hall–Kier alpha value is -4.37. The zero-order valence-electron chi connectivity index (χ0n) is 21.9. The van der Waals surface area contributed by atoms with Crippen molar-refractivity contribution >= 4 is 23.6 Å². The number of anilines is 1. The van der Waals surface area contributed by atoms with Gasteiger partial charge in [0.25, 0.3) is 0 Å². The number of hydrogen-bond acceptors (Lipinski definition) is 6. The number of carbonyl (C=O) groups is 3. The van der Waals surface area contributed by atoms with Crippen molar-refractivity contribution < 1.29 is 37.0 Å². The Morgan fingerprint density at radius 2 is 1.80 bits per heavy atom. The molecule has 2 aromatic rings. The van der Waals surface area contributed by atoms with Gasteiger partial charge < -0.3 is 19.3 Å². The molecule has 1 unspecified atom stereocenters. The Kier molecular flexibility index (Phi) is 8.44. The first-order chi connectivity index (χ1) is 19.1. The number of urea groups is 1. The van der Waals surface area contributed by atoms with E-state index in [-0.39, 0.29) is 23.6 Å². The lowest BCUT2D eigenvalue weighted by molar-refractivity contribution is -0.140. The molecule has 40 heavy (non-hydrogen) atoms. The van der Waals surface area contributed by atoms with Crippen LogP contribution in [0.3, 0.4) is 0 Å². The fourth-order valence-corrected chi connectivity index (χ4v) is 4.75. The van der Waals surface area contributed by atoms with Crippen LogP contribution in [-0.2, 0) is 25.2 Å². The van der Waals surface area contributed by atoms with E-state index in [1.54, 1.807) is 19.1 Å². The summed E-state index contributed by atoms with van der Waals surface area (Å²) < 4.78 is 51.3. The van der Waals surface area contributed by atoms with Crippen LogP contribution in [0.4, 0.5) is 23.7 Å². The monoisotopic (exact) mass is 556 g/mol. The second kappa shape index (κ2) is 11.8. The number of halogens is 3. The van der Waals surface area contributed by atoms with Gasteiger partial charge in [-0.25, -0.2) is 9.59 Å². The van der Waals surface area contributed by atoms with E-state index in [9.17, 15) is 32.8 Å². The zero-order chi connectivity index (χ0) is 29.0. The van der Waals surface area contributed by atoms with Crippen molar-refractivity contribution in [3.63, 3.8) is 0 Å². The molecular formula is C28H27F3N4O5. The van der Waals surface area contributed by atoms with Crippen LogP contribution < -0.4 is 4.90 Å². The molecule has 0 saturated carbocycles. The van der Waals surface area contributed by atoms with Gasteiger partial charge in [-0.05, 0) is 49.7 Å². The summed E-state index contributed by atoms with van der Waals surface area (Å²) in [5.41, 5.74) is -0.292. The second-order valence-electron chi connectivity index (χ2n) is 9.14. The summed E-state index contributed by atoms with van der Waals surface area (Å²) in [7, 11) is 0. The third kappa shape index (κ3) is 5.79. The summed E-state index contributed by atoms with van der Waals surface area (Å²) >= 11 is 0. The van der Waals surface area contributed by atoms with E-state index >= 15 is 0 Å². The van der Waals surface area contributed by atoms with Crippen LogP contribution in [-0.4, -0.2) is 67.2 Å². The molecule has 2 aliphatic rings. The number of morpholine rings is 1. The molecule has 1 atom stereocenters. The number of hydrogen-bond donors (Lipinski definition) is 0. The molecule has 0 aliphatic carbocycles. The molecule has 3 amide bonds.